The molecule has 0 amide bonds. The number of nitrogens with one attached hydrogen (secondary N) is 1. The van der Waals surface area contributed by atoms with Crippen LogP contribution in [0.4, 0.5) is 0 Å². The maximum Gasteiger partial charge on any atom is 0.0969 e. The first kappa shape index (κ1) is 16.0. The number of pyridine rings is 1. The van der Waals surface area contributed by atoms with Crippen LogP contribution < -0.4 is 5.32 Å². The first-order valence-corrected chi connectivity index (χ1v) is 8.40. The van der Waals surface area contributed by atoms with E-state index in [1.54, 1.807) is 24.2 Å². The van der Waals surface area contributed by atoms with E-state index in [2.05, 4.69) is 21.7 Å². The number of aliphatic hydroxyl groups excluding tert-OH is 1. The molecule has 0 aromatic carbocycles. The minimum Gasteiger partial charge on any atom is -0.396 e. The molecule has 0 aliphatic carbocycles. The molecule has 6 heteroatoms. The second-order valence-electron chi connectivity index (χ2n) is 4.96. The van der Waals surface area contributed by atoms with Crippen molar-refractivity contribution >= 4 is 11.8 Å². The molecule has 2 aromatic heterocycles. The molecule has 2 heterocycles. The Morgan fingerprint density at radius 3 is 2.81 bits per heavy atom. The van der Waals surface area contributed by atoms with Gasteiger partial charge in [-0.15, -0.1) is 0 Å². The molecule has 0 spiro atoms. The molecule has 114 valence electrons. The second kappa shape index (κ2) is 8.17. The minimum absolute atomic E-state index is 0.211. The lowest BCUT2D eigenvalue weighted by atomic mass is 10.1. The average Bonchev–Trinajstić information content (AvgIpc) is 2.87. The summed E-state index contributed by atoms with van der Waals surface area (Å²) in [6, 6.07) is 4.26. The Labute approximate surface area is 129 Å². The fourth-order valence-corrected chi connectivity index (χ4v) is 2.96. The Bertz CT molecular complexity index is 538. The lowest BCUT2D eigenvalue weighted by molar-refractivity contribution is 0.270. The van der Waals surface area contributed by atoms with Gasteiger partial charge in [-0.1, -0.05) is 0 Å². The summed E-state index contributed by atoms with van der Waals surface area (Å²) in [5.74, 6) is 0.991. The van der Waals surface area contributed by atoms with E-state index in [4.69, 9.17) is 5.11 Å². The van der Waals surface area contributed by atoms with Gasteiger partial charge in [0.15, 0.2) is 0 Å². The van der Waals surface area contributed by atoms with Crippen LogP contribution in [-0.4, -0.2) is 44.5 Å². The molecule has 0 radical (unpaired) electrons. The highest BCUT2D eigenvalue weighted by Crippen LogP contribution is 2.21. The fraction of sp³-hybridized carbons (Fsp3) is 0.467. The maximum absolute atomic E-state index is 9.12. The first-order valence-electron chi connectivity index (χ1n) is 7.00. The van der Waals surface area contributed by atoms with Crippen molar-refractivity contribution in [1.82, 2.24) is 20.1 Å². The maximum atomic E-state index is 9.12. The topological polar surface area (TPSA) is 63.0 Å². The summed E-state index contributed by atoms with van der Waals surface area (Å²) in [5, 5.41) is 17.2. The molecule has 2 aromatic rings. The van der Waals surface area contributed by atoms with Crippen LogP contribution in [0.15, 0.2) is 30.7 Å². The Kier molecular flexibility index (Phi) is 6.22. The number of rotatable bonds is 8. The molecule has 0 saturated carbocycles. The molecule has 0 bridgehead atoms. The Morgan fingerprint density at radius 1 is 1.38 bits per heavy atom. The quantitative estimate of drug-likeness (QED) is 0.777. The van der Waals surface area contributed by atoms with E-state index >= 15 is 0 Å². The molecule has 0 aliphatic heterocycles. The molecule has 0 aliphatic rings. The third kappa shape index (κ3) is 4.56. The number of aliphatic hydroxyl groups is 1. The largest absolute Gasteiger partial charge is 0.396 e. The van der Waals surface area contributed by atoms with Gasteiger partial charge in [-0.25, -0.2) is 0 Å². The summed E-state index contributed by atoms with van der Waals surface area (Å²) in [4.78, 5) is 4.05. The Hall–Kier alpha value is -1.37. The number of aromatic nitrogens is 3. The van der Waals surface area contributed by atoms with Gasteiger partial charge in [0.05, 0.1) is 5.69 Å². The zero-order valence-corrected chi connectivity index (χ0v) is 13.3. The van der Waals surface area contributed by atoms with E-state index in [-0.39, 0.29) is 6.61 Å². The summed E-state index contributed by atoms with van der Waals surface area (Å²) in [7, 11) is 1.93. The third-order valence-electron chi connectivity index (χ3n) is 3.28. The summed E-state index contributed by atoms with van der Waals surface area (Å²) in [6.07, 6.45) is 8.45. The van der Waals surface area contributed by atoms with Gasteiger partial charge in [0, 0.05) is 61.7 Å². The van der Waals surface area contributed by atoms with Gasteiger partial charge in [-0.05, 0) is 24.8 Å². The molecule has 2 rings (SSSR count). The third-order valence-corrected chi connectivity index (χ3v) is 4.02. The Balaban J connectivity index is 2.10. The van der Waals surface area contributed by atoms with Gasteiger partial charge in [0.25, 0.3) is 0 Å². The first-order chi connectivity index (χ1) is 10.2. The molecule has 0 fully saturated rings. The van der Waals surface area contributed by atoms with Crippen molar-refractivity contribution in [3.05, 3.63) is 36.3 Å². The van der Waals surface area contributed by atoms with Crippen molar-refractivity contribution in [2.24, 2.45) is 7.05 Å². The summed E-state index contributed by atoms with van der Waals surface area (Å²) in [5.41, 5.74) is 3.22. The monoisotopic (exact) mass is 306 g/mol. The lowest BCUT2D eigenvalue weighted by Crippen LogP contribution is -2.31. The van der Waals surface area contributed by atoms with E-state index < -0.39 is 0 Å². The van der Waals surface area contributed by atoms with Crippen LogP contribution in [0.3, 0.4) is 0 Å². The SMILES string of the molecule is CSCC(CCO)NCc1cn(C)nc1-c1ccncc1. The van der Waals surface area contributed by atoms with E-state index in [1.807, 2.05) is 30.1 Å². The molecule has 2 N–H and O–H groups in total. The molecule has 1 atom stereocenters. The van der Waals surface area contributed by atoms with Crippen molar-refractivity contribution in [3.8, 4) is 11.3 Å². The number of nitrogens with zero attached hydrogens (tertiary/aromatic N) is 3. The van der Waals surface area contributed by atoms with Crippen LogP contribution in [0.2, 0.25) is 0 Å². The van der Waals surface area contributed by atoms with Gasteiger partial charge >= 0.3 is 0 Å². The second-order valence-corrected chi connectivity index (χ2v) is 5.87. The van der Waals surface area contributed by atoms with E-state index in [1.165, 1.54) is 0 Å². The molecular formula is C15H22N4OS. The van der Waals surface area contributed by atoms with Gasteiger partial charge in [0.2, 0.25) is 0 Å². The van der Waals surface area contributed by atoms with Crippen molar-refractivity contribution in [3.63, 3.8) is 0 Å². The van der Waals surface area contributed by atoms with E-state index in [0.29, 0.717) is 6.04 Å². The zero-order valence-electron chi connectivity index (χ0n) is 12.5. The predicted molar refractivity (Wildman–Crippen MR) is 87.2 cm³/mol. The normalized spacial score (nSPS) is 12.5. The standard InChI is InChI=1S/C15H22N4OS/c1-19-10-13(9-17-14(5-8-20)11-21-2)15(18-19)12-3-6-16-7-4-12/h3-4,6-7,10,14,17,20H,5,8-9,11H2,1-2H3. The van der Waals surface area contributed by atoms with Crippen molar-refractivity contribution in [2.45, 2.75) is 19.0 Å². The van der Waals surface area contributed by atoms with Crippen LogP contribution in [0, 0.1) is 0 Å². The van der Waals surface area contributed by atoms with Crippen LogP contribution in [0.25, 0.3) is 11.3 Å². The van der Waals surface area contributed by atoms with Crippen molar-refractivity contribution in [1.29, 1.82) is 0 Å². The van der Waals surface area contributed by atoms with E-state index in [0.717, 1.165) is 35.5 Å². The summed E-state index contributed by atoms with van der Waals surface area (Å²) < 4.78 is 1.84. The number of thioether (sulfide) groups is 1. The highest BCUT2D eigenvalue weighted by atomic mass is 32.2. The van der Waals surface area contributed by atoms with Gasteiger partial charge in [-0.2, -0.15) is 16.9 Å². The van der Waals surface area contributed by atoms with Crippen LogP contribution >= 0.6 is 11.8 Å². The average molecular weight is 306 g/mol. The number of hydrogen-bond donors (Lipinski definition) is 2. The van der Waals surface area contributed by atoms with Crippen LogP contribution in [0.5, 0.6) is 0 Å². The summed E-state index contributed by atoms with van der Waals surface area (Å²) >= 11 is 1.79. The van der Waals surface area contributed by atoms with E-state index in [9.17, 15) is 0 Å². The highest BCUT2D eigenvalue weighted by molar-refractivity contribution is 7.98. The Morgan fingerprint density at radius 2 is 2.14 bits per heavy atom. The van der Waals surface area contributed by atoms with Crippen molar-refractivity contribution in [2.75, 3.05) is 18.6 Å². The summed E-state index contributed by atoms with van der Waals surface area (Å²) in [6.45, 7) is 0.958. The zero-order chi connectivity index (χ0) is 15.1. The number of aryl methyl sites for hydroxylation is 1. The molecular weight excluding hydrogens is 284 g/mol. The molecule has 1 unspecified atom stereocenters. The fourth-order valence-electron chi connectivity index (χ4n) is 2.28. The minimum atomic E-state index is 0.211. The number of hydrogen-bond acceptors (Lipinski definition) is 5. The smallest absolute Gasteiger partial charge is 0.0969 e. The van der Waals surface area contributed by atoms with Crippen molar-refractivity contribution < 1.29 is 5.11 Å². The molecule has 0 saturated heterocycles. The predicted octanol–water partition coefficient (Wildman–Crippen LogP) is 1.69. The van der Waals surface area contributed by atoms with Gasteiger partial charge in [0.1, 0.15) is 0 Å². The highest BCUT2D eigenvalue weighted by Gasteiger charge is 2.12. The van der Waals surface area contributed by atoms with Gasteiger partial charge < -0.3 is 10.4 Å². The van der Waals surface area contributed by atoms with Crippen LogP contribution in [0.1, 0.15) is 12.0 Å². The molecule has 21 heavy (non-hydrogen) atoms. The van der Waals surface area contributed by atoms with Crippen LogP contribution in [-0.2, 0) is 13.6 Å². The lowest BCUT2D eigenvalue weighted by Gasteiger charge is -2.16. The molecule has 5 nitrogen and oxygen atoms in total. The van der Waals surface area contributed by atoms with Gasteiger partial charge in [-0.3, -0.25) is 9.67 Å².